The molecular weight excluding hydrogens is 272 g/mol. The molecule has 1 aromatic carbocycles. The molecule has 0 atom stereocenters. The summed E-state index contributed by atoms with van der Waals surface area (Å²) >= 11 is 11.9. The highest BCUT2D eigenvalue weighted by molar-refractivity contribution is 6.31. The van der Waals surface area contributed by atoms with Gasteiger partial charge in [-0.15, -0.1) is 11.6 Å². The molecule has 0 bridgehead atoms. The third kappa shape index (κ3) is 4.42. The first-order chi connectivity index (χ1) is 8.62. The first-order valence-corrected chi connectivity index (χ1v) is 7.27. The first-order valence-electron chi connectivity index (χ1n) is 6.36. The molecule has 0 radical (unpaired) electrons. The highest BCUT2D eigenvalue weighted by Crippen LogP contribution is 2.21. The average Bonchev–Trinajstić information content (AvgIpc) is 2.35. The van der Waals surface area contributed by atoms with Crippen LogP contribution in [-0.2, 0) is 6.54 Å². The molecule has 0 saturated carbocycles. The zero-order valence-electron chi connectivity index (χ0n) is 10.9. The topological polar surface area (TPSA) is 3.24 Å². The maximum absolute atomic E-state index is 13.2. The van der Waals surface area contributed by atoms with Gasteiger partial charge in [-0.25, -0.2) is 4.39 Å². The second-order valence-electron chi connectivity index (χ2n) is 4.37. The predicted octanol–water partition coefficient (Wildman–Crippen LogP) is 4.71. The van der Waals surface area contributed by atoms with Gasteiger partial charge in [-0.1, -0.05) is 25.4 Å². The Morgan fingerprint density at radius 1 is 1.28 bits per heavy atom. The normalized spacial score (nSPS) is 11.5. The highest BCUT2D eigenvalue weighted by Gasteiger charge is 2.16. The number of hydrogen-bond donors (Lipinski definition) is 0. The van der Waals surface area contributed by atoms with Crippen LogP contribution in [0.25, 0.3) is 0 Å². The van der Waals surface area contributed by atoms with Crippen LogP contribution in [0.5, 0.6) is 0 Å². The molecule has 0 aliphatic rings. The second-order valence-corrected chi connectivity index (χ2v) is 5.15. The lowest BCUT2D eigenvalue weighted by molar-refractivity contribution is 0.188. The van der Waals surface area contributed by atoms with Crippen molar-refractivity contribution in [3.05, 3.63) is 34.6 Å². The Morgan fingerprint density at radius 2 is 1.94 bits per heavy atom. The summed E-state index contributed by atoms with van der Waals surface area (Å²) in [6.45, 7) is 5.75. The Hall–Kier alpha value is -0.310. The molecule has 1 rings (SSSR count). The molecule has 0 amide bonds. The first kappa shape index (κ1) is 15.7. The number of alkyl halides is 1. The Kier molecular flexibility index (Phi) is 6.98. The van der Waals surface area contributed by atoms with Gasteiger partial charge in [0.1, 0.15) is 5.82 Å². The maximum atomic E-state index is 13.2. The van der Waals surface area contributed by atoms with E-state index in [0.29, 0.717) is 23.5 Å². The Morgan fingerprint density at radius 3 is 2.50 bits per heavy atom. The van der Waals surface area contributed by atoms with E-state index in [1.165, 1.54) is 12.1 Å². The zero-order valence-corrected chi connectivity index (χ0v) is 12.4. The molecule has 1 aromatic rings. The van der Waals surface area contributed by atoms with E-state index in [2.05, 4.69) is 18.7 Å². The van der Waals surface area contributed by atoms with Crippen LogP contribution >= 0.6 is 23.2 Å². The Labute approximate surface area is 119 Å². The van der Waals surface area contributed by atoms with Crippen molar-refractivity contribution in [1.82, 2.24) is 4.90 Å². The molecule has 0 aliphatic heterocycles. The minimum absolute atomic E-state index is 0.246. The maximum Gasteiger partial charge on any atom is 0.123 e. The van der Waals surface area contributed by atoms with Gasteiger partial charge >= 0.3 is 0 Å². The second kappa shape index (κ2) is 7.98. The molecule has 0 fully saturated rings. The molecule has 18 heavy (non-hydrogen) atoms. The third-order valence-corrected chi connectivity index (χ3v) is 3.75. The van der Waals surface area contributed by atoms with E-state index < -0.39 is 0 Å². The summed E-state index contributed by atoms with van der Waals surface area (Å²) in [5.41, 5.74) is 0.827. The van der Waals surface area contributed by atoms with Gasteiger partial charge in [0, 0.05) is 30.0 Å². The largest absolute Gasteiger partial charge is 0.295 e. The fraction of sp³-hybridized carbons (Fsp3) is 0.571. The van der Waals surface area contributed by atoms with E-state index in [0.717, 1.165) is 24.9 Å². The molecule has 1 nitrogen and oxygen atoms in total. The van der Waals surface area contributed by atoms with Crippen molar-refractivity contribution in [3.8, 4) is 0 Å². The van der Waals surface area contributed by atoms with Crippen LogP contribution in [0.4, 0.5) is 4.39 Å². The van der Waals surface area contributed by atoms with Gasteiger partial charge in [0.2, 0.25) is 0 Å². The molecule has 0 N–H and O–H groups in total. The van der Waals surface area contributed by atoms with Crippen LogP contribution in [0.2, 0.25) is 5.02 Å². The molecule has 0 unspecified atom stereocenters. The highest BCUT2D eigenvalue weighted by atomic mass is 35.5. The summed E-state index contributed by atoms with van der Waals surface area (Å²) in [6, 6.07) is 4.96. The van der Waals surface area contributed by atoms with Crippen LogP contribution in [0.3, 0.4) is 0 Å². The van der Waals surface area contributed by atoms with E-state index in [-0.39, 0.29) is 5.82 Å². The van der Waals surface area contributed by atoms with Crippen molar-refractivity contribution in [2.75, 3.05) is 12.4 Å². The fourth-order valence-corrected chi connectivity index (χ4v) is 2.58. The Balaban J connectivity index is 2.85. The molecule has 102 valence electrons. The number of benzene rings is 1. The third-order valence-electron chi connectivity index (χ3n) is 3.21. The number of halogens is 3. The van der Waals surface area contributed by atoms with Crippen molar-refractivity contribution in [1.29, 1.82) is 0 Å². The van der Waals surface area contributed by atoms with E-state index in [9.17, 15) is 4.39 Å². The van der Waals surface area contributed by atoms with Crippen LogP contribution in [0.1, 0.15) is 32.3 Å². The lowest BCUT2D eigenvalue weighted by Gasteiger charge is -2.30. The van der Waals surface area contributed by atoms with E-state index in [1.807, 2.05) is 0 Å². The van der Waals surface area contributed by atoms with Gasteiger partial charge in [-0.3, -0.25) is 4.90 Å². The number of hydrogen-bond acceptors (Lipinski definition) is 1. The van der Waals surface area contributed by atoms with Crippen molar-refractivity contribution in [3.63, 3.8) is 0 Å². The lowest BCUT2D eigenvalue weighted by atomic mass is 10.1. The van der Waals surface area contributed by atoms with Crippen LogP contribution in [0.15, 0.2) is 18.2 Å². The smallest absolute Gasteiger partial charge is 0.123 e. The summed E-state index contributed by atoms with van der Waals surface area (Å²) in [4.78, 5) is 2.27. The van der Waals surface area contributed by atoms with Crippen LogP contribution in [0, 0.1) is 5.82 Å². The van der Waals surface area contributed by atoms with Gasteiger partial charge in [0.25, 0.3) is 0 Å². The van der Waals surface area contributed by atoms with Gasteiger partial charge in [0.15, 0.2) is 0 Å². The van der Waals surface area contributed by atoms with Crippen molar-refractivity contribution >= 4 is 23.2 Å². The van der Waals surface area contributed by atoms with Crippen molar-refractivity contribution in [2.45, 2.75) is 39.3 Å². The van der Waals surface area contributed by atoms with Gasteiger partial charge in [0.05, 0.1) is 0 Å². The molecule has 0 aromatic heterocycles. The van der Waals surface area contributed by atoms with Gasteiger partial charge in [-0.2, -0.15) is 0 Å². The van der Waals surface area contributed by atoms with Crippen molar-refractivity contribution < 1.29 is 4.39 Å². The summed E-state index contributed by atoms with van der Waals surface area (Å²) < 4.78 is 13.2. The molecule has 0 spiro atoms. The van der Waals surface area contributed by atoms with E-state index in [1.54, 1.807) is 6.07 Å². The lowest BCUT2D eigenvalue weighted by Crippen LogP contribution is -2.35. The summed E-state index contributed by atoms with van der Waals surface area (Å²) in [5.74, 6) is 0.327. The standard InChI is InChI=1S/C14H20Cl2FN/c1-3-13(4-2)18(8-7-15)10-11-9-12(17)5-6-14(11)16/h5-6,9,13H,3-4,7-8,10H2,1-2H3. The van der Waals surface area contributed by atoms with Crippen LogP contribution in [-0.4, -0.2) is 23.4 Å². The van der Waals surface area contributed by atoms with Gasteiger partial charge < -0.3 is 0 Å². The molecule has 0 saturated heterocycles. The van der Waals surface area contributed by atoms with E-state index in [4.69, 9.17) is 23.2 Å². The molecule has 0 heterocycles. The quantitative estimate of drug-likeness (QED) is 0.658. The average molecular weight is 292 g/mol. The molecular formula is C14H20Cl2FN. The monoisotopic (exact) mass is 291 g/mol. The Bertz CT molecular complexity index is 367. The van der Waals surface area contributed by atoms with Crippen LogP contribution < -0.4 is 0 Å². The number of nitrogens with zero attached hydrogens (tertiary/aromatic N) is 1. The SMILES string of the molecule is CCC(CC)N(CCCl)Cc1cc(F)ccc1Cl. The van der Waals surface area contributed by atoms with E-state index >= 15 is 0 Å². The molecule has 4 heteroatoms. The summed E-state index contributed by atoms with van der Waals surface area (Å²) in [7, 11) is 0. The number of rotatable bonds is 7. The minimum atomic E-state index is -0.246. The minimum Gasteiger partial charge on any atom is -0.295 e. The summed E-state index contributed by atoms with van der Waals surface area (Å²) in [5, 5.41) is 0.613. The van der Waals surface area contributed by atoms with Crippen molar-refractivity contribution in [2.24, 2.45) is 0 Å². The zero-order chi connectivity index (χ0) is 13.5. The fourth-order valence-electron chi connectivity index (χ4n) is 2.19. The van der Waals surface area contributed by atoms with Gasteiger partial charge in [-0.05, 0) is 36.6 Å². The predicted molar refractivity (Wildman–Crippen MR) is 76.9 cm³/mol. The molecule has 0 aliphatic carbocycles. The summed E-state index contributed by atoms with van der Waals surface area (Å²) in [6.07, 6.45) is 2.11.